The van der Waals surface area contributed by atoms with E-state index in [1.165, 1.54) is 0 Å². The quantitative estimate of drug-likeness (QED) is 0.759. The number of rotatable bonds is 2. The maximum Gasteiger partial charge on any atom is 0.338 e. The van der Waals surface area contributed by atoms with E-state index in [2.05, 4.69) is 4.90 Å². The van der Waals surface area contributed by atoms with Crippen molar-refractivity contribution in [3.05, 3.63) is 34.9 Å². The monoisotopic (exact) mass is 253 g/mol. The standard InChI is InChI=1S/C13H16ClNO2/c1-15-8-2-3-12(9-15)17-13(16)10-4-6-11(14)7-5-10/h4-7,12H,2-3,8-9H2,1H3/t12-/m1/s1. The molecule has 0 aromatic heterocycles. The van der Waals surface area contributed by atoms with Crippen molar-refractivity contribution in [2.24, 2.45) is 0 Å². The Kier molecular flexibility index (Phi) is 4.02. The van der Waals surface area contributed by atoms with Crippen molar-refractivity contribution in [2.75, 3.05) is 20.1 Å². The van der Waals surface area contributed by atoms with Crippen LogP contribution in [-0.2, 0) is 4.74 Å². The number of esters is 1. The predicted octanol–water partition coefficient (Wildman–Crippen LogP) is 2.59. The van der Waals surface area contributed by atoms with Gasteiger partial charge in [-0.15, -0.1) is 0 Å². The summed E-state index contributed by atoms with van der Waals surface area (Å²) < 4.78 is 5.46. The molecule has 0 amide bonds. The molecule has 3 nitrogen and oxygen atoms in total. The van der Waals surface area contributed by atoms with Crippen LogP contribution in [0, 0.1) is 0 Å². The van der Waals surface area contributed by atoms with Gasteiger partial charge in [0.25, 0.3) is 0 Å². The molecule has 0 spiro atoms. The van der Waals surface area contributed by atoms with E-state index in [1.54, 1.807) is 24.3 Å². The Morgan fingerprint density at radius 3 is 2.76 bits per heavy atom. The lowest BCUT2D eigenvalue weighted by molar-refractivity contribution is 0.0108. The fourth-order valence-corrected chi connectivity index (χ4v) is 2.15. The third-order valence-corrected chi connectivity index (χ3v) is 3.19. The number of likely N-dealkylation sites (N-methyl/N-ethyl adjacent to an activating group) is 1. The summed E-state index contributed by atoms with van der Waals surface area (Å²) in [6.45, 7) is 1.90. The van der Waals surface area contributed by atoms with E-state index in [9.17, 15) is 4.79 Å². The number of carbonyl (C=O) groups excluding carboxylic acids is 1. The van der Waals surface area contributed by atoms with Crippen LogP contribution in [0.3, 0.4) is 0 Å². The summed E-state index contributed by atoms with van der Waals surface area (Å²) in [6.07, 6.45) is 2.04. The molecule has 0 unspecified atom stereocenters. The van der Waals surface area contributed by atoms with E-state index in [-0.39, 0.29) is 12.1 Å². The van der Waals surface area contributed by atoms with Crippen molar-refractivity contribution in [3.8, 4) is 0 Å². The van der Waals surface area contributed by atoms with Crippen LogP contribution in [0.2, 0.25) is 5.02 Å². The first-order valence-electron chi connectivity index (χ1n) is 5.80. The molecule has 1 heterocycles. The molecule has 2 rings (SSSR count). The van der Waals surface area contributed by atoms with Gasteiger partial charge in [-0.3, -0.25) is 0 Å². The first-order valence-corrected chi connectivity index (χ1v) is 6.18. The average Bonchev–Trinajstić information content (AvgIpc) is 2.29. The molecule has 1 fully saturated rings. The van der Waals surface area contributed by atoms with Crippen molar-refractivity contribution in [1.29, 1.82) is 0 Å². The molecule has 17 heavy (non-hydrogen) atoms. The van der Waals surface area contributed by atoms with E-state index in [1.807, 2.05) is 7.05 Å². The van der Waals surface area contributed by atoms with Gasteiger partial charge in [0.2, 0.25) is 0 Å². The molecular formula is C13H16ClNO2. The highest BCUT2D eigenvalue weighted by atomic mass is 35.5. The Balaban J connectivity index is 1.94. The predicted molar refractivity (Wildman–Crippen MR) is 67.4 cm³/mol. The zero-order chi connectivity index (χ0) is 12.3. The Labute approximate surface area is 106 Å². The molecule has 0 saturated carbocycles. The molecule has 1 aromatic carbocycles. The smallest absolute Gasteiger partial charge is 0.338 e. The maximum atomic E-state index is 11.8. The molecule has 0 N–H and O–H groups in total. The summed E-state index contributed by atoms with van der Waals surface area (Å²) in [5.41, 5.74) is 0.558. The summed E-state index contributed by atoms with van der Waals surface area (Å²) in [4.78, 5) is 14.0. The first-order chi connectivity index (χ1) is 8.15. The van der Waals surface area contributed by atoms with Crippen LogP contribution >= 0.6 is 11.6 Å². The molecule has 1 atom stereocenters. The molecule has 1 saturated heterocycles. The summed E-state index contributed by atoms with van der Waals surface area (Å²) in [5, 5.41) is 0.624. The fraction of sp³-hybridized carbons (Fsp3) is 0.462. The van der Waals surface area contributed by atoms with Crippen molar-refractivity contribution in [3.63, 3.8) is 0 Å². The second kappa shape index (κ2) is 5.52. The number of hydrogen-bond donors (Lipinski definition) is 0. The molecular weight excluding hydrogens is 238 g/mol. The molecule has 0 radical (unpaired) electrons. The Morgan fingerprint density at radius 1 is 1.41 bits per heavy atom. The van der Waals surface area contributed by atoms with Crippen molar-refractivity contribution in [2.45, 2.75) is 18.9 Å². The van der Waals surface area contributed by atoms with Gasteiger partial charge in [0.05, 0.1) is 5.56 Å². The van der Waals surface area contributed by atoms with Crippen molar-refractivity contribution < 1.29 is 9.53 Å². The maximum absolute atomic E-state index is 11.8. The van der Waals surface area contributed by atoms with Gasteiger partial charge < -0.3 is 9.64 Å². The molecule has 0 aliphatic carbocycles. The summed E-state index contributed by atoms with van der Waals surface area (Å²) in [6, 6.07) is 6.78. The molecule has 1 aliphatic heterocycles. The Bertz CT molecular complexity index is 391. The third-order valence-electron chi connectivity index (χ3n) is 2.93. The lowest BCUT2D eigenvalue weighted by Crippen LogP contribution is -2.38. The normalized spacial score (nSPS) is 21.2. The molecule has 92 valence electrons. The minimum atomic E-state index is -0.262. The second-order valence-electron chi connectivity index (χ2n) is 4.44. The van der Waals surface area contributed by atoms with Gasteiger partial charge >= 0.3 is 5.97 Å². The number of piperidine rings is 1. The molecule has 1 aliphatic rings. The third kappa shape index (κ3) is 3.45. The average molecular weight is 254 g/mol. The molecule has 4 heteroatoms. The van der Waals surface area contributed by atoms with Gasteiger partial charge in [0.1, 0.15) is 6.10 Å². The van der Waals surface area contributed by atoms with E-state index in [4.69, 9.17) is 16.3 Å². The number of ether oxygens (including phenoxy) is 1. The molecule has 0 bridgehead atoms. The summed E-state index contributed by atoms with van der Waals surface area (Å²) in [5.74, 6) is -0.262. The van der Waals surface area contributed by atoms with Crippen LogP contribution in [0.1, 0.15) is 23.2 Å². The number of carbonyl (C=O) groups is 1. The first kappa shape index (κ1) is 12.4. The van der Waals surface area contributed by atoms with E-state index < -0.39 is 0 Å². The van der Waals surface area contributed by atoms with Crippen LogP contribution in [0.15, 0.2) is 24.3 Å². The lowest BCUT2D eigenvalue weighted by Gasteiger charge is -2.29. The number of likely N-dealkylation sites (tertiary alicyclic amines) is 1. The van der Waals surface area contributed by atoms with E-state index >= 15 is 0 Å². The fourth-order valence-electron chi connectivity index (χ4n) is 2.02. The van der Waals surface area contributed by atoms with Gasteiger partial charge in [-0.05, 0) is 50.7 Å². The largest absolute Gasteiger partial charge is 0.457 e. The van der Waals surface area contributed by atoms with Crippen LogP contribution in [0.5, 0.6) is 0 Å². The van der Waals surface area contributed by atoms with Gasteiger partial charge in [-0.1, -0.05) is 11.6 Å². The number of benzene rings is 1. The van der Waals surface area contributed by atoms with E-state index in [0.717, 1.165) is 25.9 Å². The highest BCUT2D eigenvalue weighted by Crippen LogP contribution is 2.15. The van der Waals surface area contributed by atoms with Crippen LogP contribution in [-0.4, -0.2) is 37.1 Å². The Morgan fingerprint density at radius 2 is 2.12 bits per heavy atom. The number of halogens is 1. The van der Waals surface area contributed by atoms with Crippen LogP contribution in [0.25, 0.3) is 0 Å². The van der Waals surface area contributed by atoms with Crippen LogP contribution < -0.4 is 0 Å². The zero-order valence-corrected chi connectivity index (χ0v) is 10.6. The van der Waals surface area contributed by atoms with Gasteiger partial charge in [-0.25, -0.2) is 4.79 Å². The van der Waals surface area contributed by atoms with Crippen molar-refractivity contribution >= 4 is 17.6 Å². The minimum Gasteiger partial charge on any atom is -0.457 e. The zero-order valence-electron chi connectivity index (χ0n) is 9.86. The summed E-state index contributed by atoms with van der Waals surface area (Å²) >= 11 is 5.77. The van der Waals surface area contributed by atoms with Gasteiger partial charge in [-0.2, -0.15) is 0 Å². The van der Waals surface area contributed by atoms with Gasteiger partial charge in [0, 0.05) is 11.6 Å². The number of hydrogen-bond acceptors (Lipinski definition) is 3. The minimum absolute atomic E-state index is 0.0110. The molecule has 1 aromatic rings. The Hall–Kier alpha value is -1.06. The highest BCUT2D eigenvalue weighted by molar-refractivity contribution is 6.30. The summed E-state index contributed by atoms with van der Waals surface area (Å²) in [7, 11) is 2.04. The second-order valence-corrected chi connectivity index (χ2v) is 4.88. The van der Waals surface area contributed by atoms with E-state index in [0.29, 0.717) is 10.6 Å². The highest BCUT2D eigenvalue weighted by Gasteiger charge is 2.21. The van der Waals surface area contributed by atoms with Crippen LogP contribution in [0.4, 0.5) is 0 Å². The van der Waals surface area contributed by atoms with Gasteiger partial charge in [0.15, 0.2) is 0 Å². The number of nitrogens with zero attached hydrogens (tertiary/aromatic N) is 1. The SMILES string of the molecule is CN1CCC[C@@H](OC(=O)c2ccc(Cl)cc2)C1. The van der Waals surface area contributed by atoms with Crippen molar-refractivity contribution in [1.82, 2.24) is 4.90 Å². The lowest BCUT2D eigenvalue weighted by atomic mass is 10.1. The topological polar surface area (TPSA) is 29.5 Å².